The van der Waals surface area contributed by atoms with Gasteiger partial charge in [-0.15, -0.1) is 0 Å². The minimum Gasteiger partial charge on any atom is -0.288 e. The molecule has 0 aliphatic carbocycles. The van der Waals surface area contributed by atoms with Crippen LogP contribution in [0.1, 0.15) is 29.3 Å². The van der Waals surface area contributed by atoms with Crippen molar-refractivity contribution in [2.45, 2.75) is 25.2 Å². The van der Waals surface area contributed by atoms with Crippen LogP contribution in [0, 0.1) is 6.92 Å². The van der Waals surface area contributed by atoms with E-state index in [9.17, 15) is 9.59 Å². The van der Waals surface area contributed by atoms with E-state index in [-0.39, 0.29) is 11.7 Å². The van der Waals surface area contributed by atoms with Gasteiger partial charge in [0.05, 0.1) is 4.91 Å². The van der Waals surface area contributed by atoms with Gasteiger partial charge in [-0.25, -0.2) is 0 Å². The number of aryl methyl sites for hydroxylation is 1. The van der Waals surface area contributed by atoms with Gasteiger partial charge in [0.15, 0.2) is 0 Å². The Morgan fingerprint density at radius 3 is 2.48 bits per heavy atom. The molecule has 0 saturated heterocycles. The molecule has 0 aromatic heterocycles. The van der Waals surface area contributed by atoms with E-state index < -0.39 is 0 Å². The predicted octanol–water partition coefficient (Wildman–Crippen LogP) is 4.57. The van der Waals surface area contributed by atoms with Gasteiger partial charge >= 0.3 is 0 Å². The third kappa shape index (κ3) is 3.08. The largest absolute Gasteiger partial charge is 0.288 e. The van der Waals surface area contributed by atoms with Gasteiger partial charge in [-0.05, 0) is 31.2 Å². The Morgan fingerprint density at radius 2 is 1.83 bits per heavy atom. The van der Waals surface area contributed by atoms with Gasteiger partial charge in [0.1, 0.15) is 0 Å². The molecule has 0 spiro atoms. The summed E-state index contributed by atoms with van der Waals surface area (Å²) in [6.45, 7) is 3.82. The number of hydrogen-bond acceptors (Lipinski definition) is 3. The number of benzene rings is 2. The quantitative estimate of drug-likeness (QED) is 0.777. The maximum absolute atomic E-state index is 12.5. The van der Waals surface area contributed by atoms with E-state index in [1.54, 1.807) is 11.1 Å². The summed E-state index contributed by atoms with van der Waals surface area (Å²) in [4.78, 5) is 27.9. The molecule has 0 unspecified atom stereocenters. The molecule has 3 rings (SSSR count). The Balaban J connectivity index is 1.98. The Labute approximate surface area is 140 Å². The van der Waals surface area contributed by atoms with Crippen LogP contribution in [0.5, 0.6) is 0 Å². The lowest BCUT2D eigenvalue weighted by atomic mass is 10.1. The van der Waals surface area contributed by atoms with Crippen molar-refractivity contribution in [3.8, 4) is 0 Å². The normalized spacial score (nSPS) is 14.9. The molecule has 1 heterocycles. The van der Waals surface area contributed by atoms with Crippen molar-refractivity contribution >= 4 is 29.1 Å². The molecule has 3 nitrogen and oxygen atoms in total. The fraction of sp³-hybridized carbons (Fsp3) is 0.158. The molecule has 0 saturated carbocycles. The molecule has 2 aromatic rings. The van der Waals surface area contributed by atoms with Gasteiger partial charge in [0.25, 0.3) is 0 Å². The molecule has 0 N–H and O–H groups in total. The highest BCUT2D eigenvalue weighted by molar-refractivity contribution is 8.04. The zero-order valence-electron chi connectivity index (χ0n) is 13.1. The first-order valence-corrected chi connectivity index (χ1v) is 8.34. The van der Waals surface area contributed by atoms with Gasteiger partial charge in [0, 0.05) is 28.8 Å². The molecule has 1 aliphatic heterocycles. The molecule has 1 aliphatic rings. The van der Waals surface area contributed by atoms with E-state index >= 15 is 0 Å². The number of allylic oxidation sites excluding steroid dienone is 1. The number of carbonyl (C=O) groups is 2. The van der Waals surface area contributed by atoms with Crippen molar-refractivity contribution in [3.63, 3.8) is 0 Å². The second-order valence-corrected chi connectivity index (χ2v) is 6.46. The first-order valence-electron chi connectivity index (χ1n) is 7.52. The van der Waals surface area contributed by atoms with Crippen LogP contribution < -0.4 is 4.90 Å². The summed E-state index contributed by atoms with van der Waals surface area (Å²) in [7, 11) is 0. The minimum absolute atomic E-state index is 0.0217. The maximum atomic E-state index is 12.5. The van der Waals surface area contributed by atoms with Gasteiger partial charge in [0.2, 0.25) is 11.7 Å². The standard InChI is InChI=1S/C19H17NO2S/c1-3-18(21)20(14-10-8-13(2)9-11-14)12-17-19(22)15-6-4-5-7-16(15)23-17/h4-12H,3H2,1-2H3. The lowest BCUT2D eigenvalue weighted by Gasteiger charge is -2.19. The maximum Gasteiger partial charge on any atom is 0.230 e. The van der Waals surface area contributed by atoms with Crippen molar-refractivity contribution in [1.29, 1.82) is 0 Å². The number of carbonyl (C=O) groups excluding carboxylic acids is 2. The van der Waals surface area contributed by atoms with E-state index in [1.807, 2.05) is 62.4 Å². The third-order valence-corrected chi connectivity index (χ3v) is 4.79. The summed E-state index contributed by atoms with van der Waals surface area (Å²) in [5.74, 6) is -0.0580. The molecule has 0 atom stereocenters. The van der Waals surface area contributed by atoms with Crippen LogP contribution in [-0.4, -0.2) is 11.7 Å². The number of fused-ring (bicyclic) bond motifs is 1. The zero-order chi connectivity index (χ0) is 16.4. The van der Waals surface area contributed by atoms with Crippen LogP contribution in [0.3, 0.4) is 0 Å². The summed E-state index contributed by atoms with van der Waals surface area (Å²) in [6, 6.07) is 15.2. The number of Topliss-reactive ketones (excluding diaryl/α,β-unsaturated/α-hetero) is 1. The van der Waals surface area contributed by atoms with Crippen LogP contribution in [-0.2, 0) is 4.79 Å². The van der Waals surface area contributed by atoms with Crippen molar-refractivity contribution < 1.29 is 9.59 Å². The van der Waals surface area contributed by atoms with Crippen molar-refractivity contribution in [2.24, 2.45) is 0 Å². The van der Waals surface area contributed by atoms with Gasteiger partial charge in [-0.3, -0.25) is 14.5 Å². The van der Waals surface area contributed by atoms with E-state index in [4.69, 9.17) is 0 Å². The Bertz CT molecular complexity index is 793. The Kier molecular flexibility index (Phi) is 4.35. The second-order valence-electron chi connectivity index (χ2n) is 5.37. The fourth-order valence-electron chi connectivity index (χ4n) is 2.41. The SMILES string of the molecule is CCC(=O)N(C=C1Sc2ccccc2C1=O)c1ccc(C)cc1. The summed E-state index contributed by atoms with van der Waals surface area (Å²) in [6.07, 6.45) is 2.05. The number of ketones is 1. The fourth-order valence-corrected chi connectivity index (χ4v) is 3.42. The number of thioether (sulfide) groups is 1. The molecule has 4 heteroatoms. The molecule has 116 valence electrons. The van der Waals surface area contributed by atoms with Gasteiger partial charge < -0.3 is 0 Å². The Morgan fingerprint density at radius 1 is 1.13 bits per heavy atom. The topological polar surface area (TPSA) is 37.4 Å². The summed E-state index contributed by atoms with van der Waals surface area (Å²) >= 11 is 1.42. The molecular formula is C19H17NO2S. The van der Waals surface area contributed by atoms with E-state index in [0.717, 1.165) is 16.1 Å². The lowest BCUT2D eigenvalue weighted by Crippen LogP contribution is -2.25. The summed E-state index contributed by atoms with van der Waals surface area (Å²) in [5, 5.41) is 0. The number of nitrogens with zero attached hydrogens (tertiary/aromatic N) is 1. The monoisotopic (exact) mass is 323 g/mol. The average molecular weight is 323 g/mol. The molecule has 2 aromatic carbocycles. The number of anilines is 1. The molecular weight excluding hydrogens is 306 g/mol. The number of hydrogen-bond donors (Lipinski definition) is 0. The van der Waals surface area contributed by atoms with Crippen LogP contribution in [0.15, 0.2) is 64.5 Å². The highest BCUT2D eigenvalue weighted by Gasteiger charge is 2.27. The zero-order valence-corrected chi connectivity index (χ0v) is 13.9. The van der Waals surface area contributed by atoms with Crippen LogP contribution in [0.25, 0.3) is 0 Å². The van der Waals surface area contributed by atoms with Crippen molar-refractivity contribution in [3.05, 3.63) is 70.8 Å². The first kappa shape index (κ1) is 15.6. The number of rotatable bonds is 3. The second kappa shape index (κ2) is 6.42. The van der Waals surface area contributed by atoms with E-state index in [2.05, 4.69) is 0 Å². The number of amides is 1. The molecule has 0 fully saturated rings. The molecule has 0 radical (unpaired) electrons. The van der Waals surface area contributed by atoms with Gasteiger partial charge in [-0.1, -0.05) is 48.5 Å². The third-order valence-electron chi connectivity index (χ3n) is 3.71. The summed E-state index contributed by atoms with van der Waals surface area (Å²) < 4.78 is 0. The van der Waals surface area contributed by atoms with Gasteiger partial charge in [-0.2, -0.15) is 0 Å². The first-order chi connectivity index (χ1) is 11.1. The van der Waals surface area contributed by atoms with Crippen molar-refractivity contribution in [1.82, 2.24) is 0 Å². The van der Waals surface area contributed by atoms with Crippen molar-refractivity contribution in [2.75, 3.05) is 4.90 Å². The summed E-state index contributed by atoms with van der Waals surface area (Å²) in [5.41, 5.74) is 2.61. The molecule has 1 amide bonds. The highest BCUT2D eigenvalue weighted by atomic mass is 32.2. The van der Waals surface area contributed by atoms with E-state index in [1.165, 1.54) is 11.8 Å². The average Bonchev–Trinajstić information content (AvgIpc) is 2.89. The predicted molar refractivity (Wildman–Crippen MR) is 93.7 cm³/mol. The molecule has 23 heavy (non-hydrogen) atoms. The van der Waals surface area contributed by atoms with Crippen LogP contribution >= 0.6 is 11.8 Å². The highest BCUT2D eigenvalue weighted by Crippen LogP contribution is 2.40. The molecule has 0 bridgehead atoms. The Hall–Kier alpha value is -2.33. The van der Waals surface area contributed by atoms with Crippen LogP contribution in [0.4, 0.5) is 5.69 Å². The minimum atomic E-state index is -0.0364. The van der Waals surface area contributed by atoms with E-state index in [0.29, 0.717) is 16.9 Å². The smallest absolute Gasteiger partial charge is 0.230 e. The lowest BCUT2D eigenvalue weighted by molar-refractivity contribution is -0.117. The van der Waals surface area contributed by atoms with Crippen LogP contribution in [0.2, 0.25) is 0 Å².